The first kappa shape index (κ1) is 33.1. The van der Waals surface area contributed by atoms with Crippen LogP contribution in [0.2, 0.25) is 0 Å². The number of benzene rings is 2. The Morgan fingerprint density at radius 3 is 1.29 bits per heavy atom. The topological polar surface area (TPSA) is 135 Å². The second-order valence-corrected chi connectivity index (χ2v) is 10.4. The molecule has 0 spiro atoms. The highest BCUT2D eigenvalue weighted by Gasteiger charge is 2.17. The van der Waals surface area contributed by atoms with Gasteiger partial charge in [-0.25, -0.2) is 0 Å². The number of unbranched alkanes of at least 4 members (excludes halogenated alkanes) is 4. The van der Waals surface area contributed by atoms with E-state index in [9.17, 15) is 19.2 Å². The molecule has 0 aliphatic heterocycles. The number of carbonyl (C=O) groups excluding carboxylic acids is 4. The zero-order chi connectivity index (χ0) is 30.4. The number of aryl methyl sites for hydroxylation is 4. The molecule has 0 heterocycles. The number of rotatable bonds is 14. The fraction of sp³-hybridized carbons (Fsp3) is 0.484. The largest absolute Gasteiger partial charge is 0.481 e. The van der Waals surface area contributed by atoms with Gasteiger partial charge in [-0.1, -0.05) is 31.4 Å². The van der Waals surface area contributed by atoms with E-state index in [1.54, 1.807) is 26.0 Å². The van der Waals surface area contributed by atoms with Crippen molar-refractivity contribution in [2.45, 2.75) is 98.7 Å². The Morgan fingerprint density at radius 2 is 0.927 bits per heavy atom. The number of amides is 4. The third-order valence-electron chi connectivity index (χ3n) is 6.78. The molecule has 2 aromatic carbocycles. The van der Waals surface area contributed by atoms with Gasteiger partial charge in [-0.3, -0.25) is 40.9 Å². The van der Waals surface area contributed by atoms with E-state index in [0.29, 0.717) is 24.3 Å². The summed E-state index contributed by atoms with van der Waals surface area (Å²) in [6.45, 7) is 11.2. The van der Waals surface area contributed by atoms with Crippen molar-refractivity contribution in [3.8, 4) is 11.5 Å². The predicted molar refractivity (Wildman–Crippen MR) is 157 cm³/mol. The zero-order valence-corrected chi connectivity index (χ0v) is 25.0. The molecule has 0 radical (unpaired) electrons. The van der Waals surface area contributed by atoms with Gasteiger partial charge in [0, 0.05) is 12.8 Å². The summed E-state index contributed by atoms with van der Waals surface area (Å²) in [6.07, 6.45) is 2.86. The smallest absolute Gasteiger partial charge is 0.279 e. The van der Waals surface area contributed by atoms with Crippen LogP contribution in [0, 0.1) is 27.7 Å². The molecule has 4 amide bonds. The van der Waals surface area contributed by atoms with Crippen molar-refractivity contribution in [2.75, 3.05) is 0 Å². The van der Waals surface area contributed by atoms with Gasteiger partial charge < -0.3 is 9.47 Å². The maximum absolute atomic E-state index is 12.2. The average molecular weight is 569 g/mol. The minimum absolute atomic E-state index is 0.275. The highest BCUT2D eigenvalue weighted by molar-refractivity contribution is 5.85. The van der Waals surface area contributed by atoms with Gasteiger partial charge in [-0.15, -0.1) is 0 Å². The second-order valence-electron chi connectivity index (χ2n) is 10.4. The number of hydrogen-bond acceptors (Lipinski definition) is 6. The van der Waals surface area contributed by atoms with E-state index in [0.717, 1.165) is 41.5 Å². The van der Waals surface area contributed by atoms with Crippen molar-refractivity contribution >= 4 is 23.6 Å². The van der Waals surface area contributed by atoms with E-state index >= 15 is 0 Å². The fourth-order valence-electron chi connectivity index (χ4n) is 3.78. The van der Waals surface area contributed by atoms with Crippen LogP contribution in [-0.2, 0) is 19.2 Å². The van der Waals surface area contributed by atoms with E-state index < -0.39 is 24.0 Å². The molecule has 10 heteroatoms. The van der Waals surface area contributed by atoms with Crippen LogP contribution in [0.1, 0.15) is 81.0 Å². The van der Waals surface area contributed by atoms with Gasteiger partial charge in [0.25, 0.3) is 11.8 Å². The lowest BCUT2D eigenvalue weighted by molar-refractivity contribution is -0.132. The average Bonchev–Trinajstić information content (AvgIpc) is 2.93. The normalized spacial score (nSPS) is 12.0. The molecule has 0 bridgehead atoms. The molecule has 0 saturated carbocycles. The minimum Gasteiger partial charge on any atom is -0.481 e. The first-order valence-corrected chi connectivity index (χ1v) is 14.1. The Morgan fingerprint density at radius 1 is 0.561 bits per heavy atom. The highest BCUT2D eigenvalue weighted by Crippen LogP contribution is 2.18. The molecule has 2 unspecified atom stereocenters. The first-order chi connectivity index (χ1) is 19.5. The van der Waals surface area contributed by atoms with Crippen molar-refractivity contribution in [2.24, 2.45) is 0 Å². The minimum atomic E-state index is -0.761. The summed E-state index contributed by atoms with van der Waals surface area (Å²) in [7, 11) is 0. The van der Waals surface area contributed by atoms with Crippen LogP contribution in [0.4, 0.5) is 0 Å². The summed E-state index contributed by atoms with van der Waals surface area (Å²) in [5.74, 6) is -0.233. The molecule has 41 heavy (non-hydrogen) atoms. The van der Waals surface area contributed by atoms with Gasteiger partial charge in [0.15, 0.2) is 12.2 Å². The van der Waals surface area contributed by atoms with Gasteiger partial charge in [0.2, 0.25) is 11.8 Å². The molecule has 2 aromatic rings. The molecule has 0 aromatic heterocycles. The molecule has 0 aliphatic rings. The number of hydrogen-bond donors (Lipinski definition) is 4. The van der Waals surface area contributed by atoms with Crippen LogP contribution in [0.3, 0.4) is 0 Å². The lowest BCUT2D eigenvalue weighted by Gasteiger charge is -2.16. The molecule has 0 saturated heterocycles. The number of hydrazine groups is 2. The van der Waals surface area contributed by atoms with Gasteiger partial charge in [0.05, 0.1) is 0 Å². The van der Waals surface area contributed by atoms with Crippen molar-refractivity contribution in [3.05, 3.63) is 58.7 Å². The van der Waals surface area contributed by atoms with E-state index in [4.69, 9.17) is 9.47 Å². The predicted octanol–water partition coefficient (Wildman–Crippen LogP) is 4.18. The van der Waals surface area contributed by atoms with E-state index in [1.807, 2.05) is 52.0 Å². The SMILES string of the molecule is Cc1ccc(OC(C)C(=O)NNC(=O)CCCCCCCC(=O)NNC(=O)C(C)Oc2ccc(C)c(C)c2)cc1C. The van der Waals surface area contributed by atoms with Crippen LogP contribution in [-0.4, -0.2) is 35.8 Å². The molecule has 224 valence electrons. The van der Waals surface area contributed by atoms with Crippen LogP contribution in [0.5, 0.6) is 11.5 Å². The number of nitrogens with one attached hydrogen (secondary N) is 4. The fourth-order valence-corrected chi connectivity index (χ4v) is 3.78. The van der Waals surface area contributed by atoms with Crippen molar-refractivity contribution in [1.82, 2.24) is 21.7 Å². The van der Waals surface area contributed by atoms with Crippen molar-refractivity contribution in [1.29, 1.82) is 0 Å². The molecule has 2 rings (SSSR count). The Kier molecular flexibility index (Phi) is 13.6. The Labute approximate surface area is 242 Å². The summed E-state index contributed by atoms with van der Waals surface area (Å²) in [4.78, 5) is 48.5. The maximum atomic E-state index is 12.2. The molecule has 4 N–H and O–H groups in total. The molecule has 2 atom stereocenters. The molecular formula is C31H44N4O6. The number of ether oxygens (including phenoxy) is 2. The van der Waals surface area contributed by atoms with Gasteiger partial charge in [-0.2, -0.15) is 0 Å². The zero-order valence-electron chi connectivity index (χ0n) is 25.0. The Hall–Kier alpha value is -4.08. The number of carbonyl (C=O) groups is 4. The second kappa shape index (κ2) is 16.9. The van der Waals surface area contributed by atoms with Gasteiger partial charge in [-0.05, 0) is 101 Å². The van der Waals surface area contributed by atoms with Crippen LogP contribution < -0.4 is 31.2 Å². The van der Waals surface area contributed by atoms with Crippen LogP contribution in [0.25, 0.3) is 0 Å². The molecule has 0 fully saturated rings. The summed E-state index contributed by atoms with van der Waals surface area (Å²) < 4.78 is 11.3. The highest BCUT2D eigenvalue weighted by atomic mass is 16.5. The third kappa shape index (κ3) is 12.3. The summed E-state index contributed by atoms with van der Waals surface area (Å²) >= 11 is 0. The van der Waals surface area contributed by atoms with E-state index in [1.165, 1.54) is 0 Å². The quantitative estimate of drug-likeness (QED) is 0.200. The summed E-state index contributed by atoms with van der Waals surface area (Å²) in [5.41, 5.74) is 14.1. The van der Waals surface area contributed by atoms with Gasteiger partial charge in [0.1, 0.15) is 11.5 Å². The standard InChI is InChI=1S/C31H44N4O6/c1-20-14-16-26(18-22(20)3)40-24(5)30(38)34-32-28(36)12-10-8-7-9-11-13-29(37)33-35-31(39)25(6)41-27-17-15-21(2)23(4)19-27/h14-19,24-25H,7-13H2,1-6H3,(H,32,36)(H,33,37)(H,34,38)(H,35,39). The molecular weight excluding hydrogens is 524 g/mol. The lowest BCUT2D eigenvalue weighted by atomic mass is 10.1. The Bertz CT molecular complexity index is 1110. The molecule has 10 nitrogen and oxygen atoms in total. The maximum Gasteiger partial charge on any atom is 0.279 e. The Balaban J connectivity index is 1.50. The monoisotopic (exact) mass is 568 g/mol. The first-order valence-electron chi connectivity index (χ1n) is 14.1. The van der Waals surface area contributed by atoms with E-state index in [2.05, 4.69) is 21.7 Å². The van der Waals surface area contributed by atoms with Crippen molar-refractivity contribution in [3.63, 3.8) is 0 Å². The van der Waals surface area contributed by atoms with Crippen LogP contribution >= 0.6 is 0 Å². The third-order valence-corrected chi connectivity index (χ3v) is 6.78. The van der Waals surface area contributed by atoms with Crippen molar-refractivity contribution < 1.29 is 28.7 Å². The van der Waals surface area contributed by atoms with Crippen LogP contribution in [0.15, 0.2) is 36.4 Å². The lowest BCUT2D eigenvalue weighted by Crippen LogP contribution is -2.47. The molecule has 0 aliphatic carbocycles. The van der Waals surface area contributed by atoms with Gasteiger partial charge >= 0.3 is 0 Å². The summed E-state index contributed by atoms with van der Waals surface area (Å²) in [6, 6.07) is 11.2. The van der Waals surface area contributed by atoms with E-state index in [-0.39, 0.29) is 24.7 Å². The summed E-state index contributed by atoms with van der Waals surface area (Å²) in [5, 5.41) is 0.